The summed E-state index contributed by atoms with van der Waals surface area (Å²) >= 11 is 0. The molecular formula is C20H20O6. The van der Waals surface area contributed by atoms with Gasteiger partial charge in [-0.3, -0.25) is 9.59 Å². The molecule has 0 bridgehead atoms. The van der Waals surface area contributed by atoms with Crippen LogP contribution in [0.5, 0.6) is 23.0 Å². The Morgan fingerprint density at radius 1 is 1.00 bits per heavy atom. The predicted octanol–water partition coefficient (Wildman–Crippen LogP) is 4.36. The van der Waals surface area contributed by atoms with E-state index in [1.165, 1.54) is 43.3 Å². The fourth-order valence-corrected chi connectivity index (χ4v) is 2.48. The van der Waals surface area contributed by atoms with Gasteiger partial charge in [0.1, 0.15) is 39.9 Å². The summed E-state index contributed by atoms with van der Waals surface area (Å²) in [7, 11) is 0. The van der Waals surface area contributed by atoms with E-state index in [0.717, 1.165) is 6.08 Å². The first-order valence-corrected chi connectivity index (χ1v) is 8.11. The summed E-state index contributed by atoms with van der Waals surface area (Å²) in [4.78, 5) is 23.5. The van der Waals surface area contributed by atoms with Crippen LogP contribution >= 0.6 is 0 Å². The number of ether oxygens (including phenoxy) is 1. The third-order valence-electron chi connectivity index (χ3n) is 3.58. The SMILES string of the molecule is CCCC(=O)c1c(O)cccc1Oc1cccc(O)c1C(O)=CC(C)=O. The molecule has 0 aromatic heterocycles. The number of aliphatic hydroxyl groups excluding tert-OH is 1. The van der Waals surface area contributed by atoms with Crippen molar-refractivity contribution < 1.29 is 29.6 Å². The lowest BCUT2D eigenvalue weighted by Crippen LogP contribution is -2.03. The van der Waals surface area contributed by atoms with Gasteiger partial charge in [0.15, 0.2) is 11.6 Å². The molecule has 0 unspecified atom stereocenters. The molecule has 6 heteroatoms. The van der Waals surface area contributed by atoms with Crippen LogP contribution in [-0.4, -0.2) is 26.9 Å². The third-order valence-corrected chi connectivity index (χ3v) is 3.58. The summed E-state index contributed by atoms with van der Waals surface area (Å²) in [6.07, 6.45) is 1.79. The van der Waals surface area contributed by atoms with Crippen LogP contribution in [-0.2, 0) is 4.79 Å². The molecule has 0 atom stereocenters. The zero-order valence-corrected chi connectivity index (χ0v) is 14.5. The van der Waals surface area contributed by atoms with Crippen LogP contribution in [0.4, 0.5) is 0 Å². The molecule has 0 fully saturated rings. The minimum absolute atomic E-state index is 0.0266. The topological polar surface area (TPSA) is 104 Å². The van der Waals surface area contributed by atoms with E-state index in [1.54, 1.807) is 0 Å². The first-order valence-electron chi connectivity index (χ1n) is 8.11. The van der Waals surface area contributed by atoms with Crippen LogP contribution in [0, 0.1) is 0 Å². The van der Waals surface area contributed by atoms with Gasteiger partial charge < -0.3 is 20.1 Å². The van der Waals surface area contributed by atoms with Crippen LogP contribution in [0.2, 0.25) is 0 Å². The highest BCUT2D eigenvalue weighted by Crippen LogP contribution is 2.38. The number of aromatic hydroxyl groups is 2. The van der Waals surface area contributed by atoms with Gasteiger partial charge in [0, 0.05) is 12.5 Å². The number of rotatable bonds is 7. The Bertz CT molecular complexity index is 867. The van der Waals surface area contributed by atoms with E-state index in [-0.39, 0.29) is 46.3 Å². The molecule has 0 aliphatic carbocycles. The van der Waals surface area contributed by atoms with Crippen LogP contribution in [0.3, 0.4) is 0 Å². The van der Waals surface area contributed by atoms with Crippen molar-refractivity contribution in [1.29, 1.82) is 0 Å². The predicted molar refractivity (Wildman–Crippen MR) is 96.8 cm³/mol. The van der Waals surface area contributed by atoms with E-state index in [4.69, 9.17) is 4.74 Å². The van der Waals surface area contributed by atoms with Crippen molar-refractivity contribution in [3.8, 4) is 23.0 Å². The molecule has 0 spiro atoms. The highest BCUT2D eigenvalue weighted by atomic mass is 16.5. The molecule has 0 saturated heterocycles. The van der Waals surface area contributed by atoms with E-state index in [9.17, 15) is 24.9 Å². The second kappa shape index (κ2) is 8.20. The maximum atomic E-state index is 12.3. The second-order valence-electron chi connectivity index (χ2n) is 5.72. The van der Waals surface area contributed by atoms with E-state index >= 15 is 0 Å². The fraction of sp³-hybridized carbons (Fsp3) is 0.200. The lowest BCUT2D eigenvalue weighted by Gasteiger charge is -2.15. The summed E-state index contributed by atoms with van der Waals surface area (Å²) in [5, 5.41) is 30.3. The number of aliphatic hydroxyl groups is 1. The highest BCUT2D eigenvalue weighted by Gasteiger charge is 2.20. The molecule has 26 heavy (non-hydrogen) atoms. The van der Waals surface area contributed by atoms with Crippen molar-refractivity contribution in [3.63, 3.8) is 0 Å². The van der Waals surface area contributed by atoms with Crippen molar-refractivity contribution >= 4 is 17.3 Å². The number of phenols is 2. The number of Topliss-reactive ketones (excluding diaryl/α,β-unsaturated/α-hetero) is 1. The second-order valence-corrected chi connectivity index (χ2v) is 5.72. The third kappa shape index (κ3) is 4.22. The summed E-state index contributed by atoms with van der Waals surface area (Å²) in [6.45, 7) is 3.10. The number of carbonyl (C=O) groups is 2. The number of hydrogen-bond donors (Lipinski definition) is 3. The van der Waals surface area contributed by atoms with Gasteiger partial charge in [-0.25, -0.2) is 0 Å². The Labute approximate surface area is 151 Å². The maximum Gasteiger partial charge on any atom is 0.170 e. The summed E-state index contributed by atoms with van der Waals surface area (Å²) in [5.41, 5.74) is -0.0568. The molecule has 2 aromatic rings. The van der Waals surface area contributed by atoms with Crippen molar-refractivity contribution in [3.05, 3.63) is 53.6 Å². The molecule has 0 aliphatic heterocycles. The van der Waals surface area contributed by atoms with Gasteiger partial charge in [0.25, 0.3) is 0 Å². The standard InChI is InChI=1S/C20H20O6/c1-3-6-13(22)19-14(23)7-4-9-17(19)26-18-10-5-8-15(24)20(18)16(25)11-12(2)21/h4-5,7-11,23-25H,3,6H2,1-2H3. The Kier molecular flexibility index (Phi) is 6.01. The largest absolute Gasteiger partial charge is 0.507 e. The van der Waals surface area contributed by atoms with Crippen LogP contribution in [0.15, 0.2) is 42.5 Å². The summed E-state index contributed by atoms with van der Waals surface area (Å²) in [6, 6.07) is 8.69. The minimum Gasteiger partial charge on any atom is -0.507 e. The number of benzene rings is 2. The van der Waals surface area contributed by atoms with Crippen molar-refractivity contribution in [2.45, 2.75) is 26.7 Å². The van der Waals surface area contributed by atoms with Gasteiger partial charge in [-0.05, 0) is 37.6 Å². The van der Waals surface area contributed by atoms with Crippen molar-refractivity contribution in [2.24, 2.45) is 0 Å². The van der Waals surface area contributed by atoms with E-state index in [1.807, 2.05) is 6.92 Å². The number of carbonyl (C=O) groups excluding carboxylic acids is 2. The normalized spacial score (nSPS) is 11.2. The fourth-order valence-electron chi connectivity index (χ4n) is 2.48. The molecule has 0 amide bonds. The van der Waals surface area contributed by atoms with Crippen LogP contribution in [0.1, 0.15) is 42.6 Å². The summed E-state index contributed by atoms with van der Waals surface area (Å²) in [5.74, 6) is -1.54. The van der Waals surface area contributed by atoms with E-state index < -0.39 is 11.5 Å². The molecule has 3 N–H and O–H groups in total. The monoisotopic (exact) mass is 356 g/mol. The maximum absolute atomic E-state index is 12.3. The number of allylic oxidation sites excluding steroid dienone is 1. The van der Waals surface area contributed by atoms with Gasteiger partial charge in [-0.15, -0.1) is 0 Å². The quantitative estimate of drug-likeness (QED) is 0.387. The lowest BCUT2D eigenvalue weighted by molar-refractivity contribution is -0.112. The molecule has 0 radical (unpaired) electrons. The zero-order chi connectivity index (χ0) is 19.3. The average molecular weight is 356 g/mol. The van der Waals surface area contributed by atoms with E-state index in [0.29, 0.717) is 6.42 Å². The highest BCUT2D eigenvalue weighted by molar-refractivity contribution is 6.01. The molecule has 0 heterocycles. The molecule has 0 saturated carbocycles. The average Bonchev–Trinajstić information content (AvgIpc) is 2.54. The number of ketones is 2. The lowest BCUT2D eigenvalue weighted by atomic mass is 10.0. The minimum atomic E-state index is -0.466. The molecule has 2 aromatic carbocycles. The zero-order valence-electron chi connectivity index (χ0n) is 14.5. The Morgan fingerprint density at radius 3 is 2.08 bits per heavy atom. The summed E-state index contributed by atoms with van der Waals surface area (Å²) < 4.78 is 5.72. The van der Waals surface area contributed by atoms with Gasteiger partial charge in [0.05, 0.1) is 0 Å². The van der Waals surface area contributed by atoms with Crippen LogP contribution < -0.4 is 4.74 Å². The Hall–Kier alpha value is -3.28. The first kappa shape index (κ1) is 19.1. The Morgan fingerprint density at radius 2 is 1.54 bits per heavy atom. The van der Waals surface area contributed by atoms with Gasteiger partial charge in [-0.1, -0.05) is 19.1 Å². The van der Waals surface area contributed by atoms with Crippen LogP contribution in [0.25, 0.3) is 5.76 Å². The molecule has 136 valence electrons. The molecule has 6 nitrogen and oxygen atoms in total. The van der Waals surface area contributed by atoms with E-state index in [2.05, 4.69) is 0 Å². The molecule has 0 aliphatic rings. The van der Waals surface area contributed by atoms with Gasteiger partial charge in [0.2, 0.25) is 0 Å². The molecular weight excluding hydrogens is 336 g/mol. The smallest absolute Gasteiger partial charge is 0.170 e. The number of hydrogen-bond acceptors (Lipinski definition) is 6. The first-order chi connectivity index (χ1) is 12.3. The van der Waals surface area contributed by atoms with Gasteiger partial charge >= 0.3 is 0 Å². The number of phenolic OH excluding ortho intramolecular Hbond substituents is 2. The molecule has 2 rings (SSSR count). The van der Waals surface area contributed by atoms with Crippen molar-refractivity contribution in [1.82, 2.24) is 0 Å². The Balaban J connectivity index is 2.54. The van der Waals surface area contributed by atoms with Crippen molar-refractivity contribution in [2.75, 3.05) is 0 Å². The van der Waals surface area contributed by atoms with Gasteiger partial charge in [-0.2, -0.15) is 0 Å².